The number of carbonyl (C=O) groups is 1. The van der Waals surface area contributed by atoms with E-state index < -0.39 is 5.82 Å². The number of nitriles is 1. The molecule has 0 aromatic heterocycles. The van der Waals surface area contributed by atoms with Crippen LogP contribution in [-0.4, -0.2) is 13.1 Å². The van der Waals surface area contributed by atoms with E-state index in [9.17, 15) is 14.4 Å². The zero-order chi connectivity index (χ0) is 19.1. The van der Waals surface area contributed by atoms with E-state index in [1.54, 1.807) is 42.5 Å². The minimum atomic E-state index is -0.466. The van der Waals surface area contributed by atoms with Crippen molar-refractivity contribution in [1.82, 2.24) is 0 Å². The van der Waals surface area contributed by atoms with Crippen LogP contribution in [0.1, 0.15) is 31.4 Å². The van der Waals surface area contributed by atoms with Crippen LogP contribution < -0.4 is 9.47 Å². The summed E-state index contributed by atoms with van der Waals surface area (Å²) in [5, 5.41) is 9.36. The third-order valence-electron chi connectivity index (χ3n) is 3.58. The summed E-state index contributed by atoms with van der Waals surface area (Å²) in [5.41, 5.74) is 1.04. The second kappa shape index (κ2) is 8.82. The van der Waals surface area contributed by atoms with Gasteiger partial charge in [-0.05, 0) is 35.8 Å². The summed E-state index contributed by atoms with van der Waals surface area (Å²) in [5.74, 6) is 0.0493. The maximum atomic E-state index is 13.9. The predicted octanol–water partition coefficient (Wildman–Crippen LogP) is 4.85. The van der Waals surface area contributed by atoms with Crippen LogP contribution in [0.25, 0.3) is 11.6 Å². The number of esters is 1. The second-order valence-electron chi connectivity index (χ2n) is 6.13. The molecule has 5 heteroatoms. The first-order valence-corrected chi connectivity index (χ1v) is 8.20. The minimum absolute atomic E-state index is 0.189. The van der Waals surface area contributed by atoms with E-state index >= 15 is 0 Å². The number of hydrogen-bond acceptors (Lipinski definition) is 4. The highest BCUT2D eigenvalue weighted by molar-refractivity contribution is 5.90. The first-order chi connectivity index (χ1) is 12.4. The van der Waals surface area contributed by atoms with E-state index in [4.69, 9.17) is 9.47 Å². The lowest BCUT2D eigenvalue weighted by Crippen LogP contribution is -2.11. The number of allylic oxidation sites excluding steroid dienone is 1. The van der Waals surface area contributed by atoms with E-state index in [-0.39, 0.29) is 23.0 Å². The summed E-state index contributed by atoms with van der Waals surface area (Å²) in [6.07, 6.45) is 1.86. The monoisotopic (exact) mass is 353 g/mol. The van der Waals surface area contributed by atoms with Crippen molar-refractivity contribution in [3.63, 3.8) is 0 Å². The highest BCUT2D eigenvalue weighted by Gasteiger charge is 2.13. The molecule has 2 aromatic carbocycles. The van der Waals surface area contributed by atoms with E-state index in [1.165, 1.54) is 13.2 Å². The summed E-state index contributed by atoms with van der Waals surface area (Å²) in [4.78, 5) is 11.8. The third-order valence-corrected chi connectivity index (χ3v) is 3.58. The normalized spacial score (nSPS) is 11.2. The maximum Gasteiger partial charge on any atom is 0.311 e. The van der Waals surface area contributed by atoms with E-state index in [0.29, 0.717) is 23.5 Å². The average Bonchev–Trinajstić information content (AvgIpc) is 2.60. The molecule has 0 unspecified atom stereocenters. The van der Waals surface area contributed by atoms with Crippen molar-refractivity contribution in [3.05, 3.63) is 59.4 Å². The molecule has 0 saturated carbocycles. The molecule has 2 rings (SSSR count). The molecule has 0 aliphatic carbocycles. The first-order valence-electron chi connectivity index (χ1n) is 8.20. The molecule has 134 valence electrons. The number of rotatable bonds is 6. The fourth-order valence-electron chi connectivity index (χ4n) is 2.37. The molecule has 0 saturated heterocycles. The number of hydrogen-bond donors (Lipinski definition) is 0. The Kier molecular flexibility index (Phi) is 6.51. The Morgan fingerprint density at radius 1 is 1.23 bits per heavy atom. The van der Waals surface area contributed by atoms with E-state index in [1.807, 2.05) is 19.9 Å². The van der Waals surface area contributed by atoms with Gasteiger partial charge >= 0.3 is 5.97 Å². The van der Waals surface area contributed by atoms with Gasteiger partial charge in [-0.25, -0.2) is 4.39 Å². The number of nitrogens with zero attached hydrogens (tertiary/aromatic N) is 1. The molecule has 0 N–H and O–H groups in total. The topological polar surface area (TPSA) is 59.3 Å². The zero-order valence-electron chi connectivity index (χ0n) is 15.0. The van der Waals surface area contributed by atoms with Crippen molar-refractivity contribution < 1.29 is 18.7 Å². The second-order valence-corrected chi connectivity index (χ2v) is 6.13. The molecule has 0 atom stereocenters. The molecule has 0 aliphatic heterocycles. The van der Waals surface area contributed by atoms with Crippen LogP contribution in [-0.2, 0) is 4.79 Å². The van der Waals surface area contributed by atoms with Gasteiger partial charge in [-0.2, -0.15) is 5.26 Å². The van der Waals surface area contributed by atoms with E-state index in [2.05, 4.69) is 0 Å². The van der Waals surface area contributed by atoms with Gasteiger partial charge in [0.1, 0.15) is 5.82 Å². The number of benzene rings is 2. The van der Waals surface area contributed by atoms with Gasteiger partial charge in [0.05, 0.1) is 18.8 Å². The Morgan fingerprint density at radius 3 is 2.58 bits per heavy atom. The SMILES string of the molecule is COc1cc(/C=C(/C#N)c2ccccc2F)ccc1OC(=O)CC(C)C. The molecular formula is C21H20FNO3. The molecule has 0 aliphatic rings. The minimum Gasteiger partial charge on any atom is -0.493 e. The maximum absolute atomic E-state index is 13.9. The molecule has 26 heavy (non-hydrogen) atoms. The number of methoxy groups -OCH3 is 1. The predicted molar refractivity (Wildman–Crippen MR) is 98.0 cm³/mol. The smallest absolute Gasteiger partial charge is 0.311 e. The van der Waals surface area contributed by atoms with Crippen molar-refractivity contribution in [1.29, 1.82) is 5.26 Å². The van der Waals surface area contributed by atoms with Gasteiger partial charge in [0, 0.05) is 12.0 Å². The van der Waals surface area contributed by atoms with Crippen LogP contribution in [0.5, 0.6) is 11.5 Å². The highest BCUT2D eigenvalue weighted by atomic mass is 19.1. The standard InChI is InChI=1S/C21H20FNO3/c1-14(2)10-21(24)26-19-9-8-15(12-20(19)25-3)11-16(13-23)17-6-4-5-7-18(17)22/h4-9,11-12,14H,10H2,1-3H3/b16-11-. The van der Waals surface area contributed by atoms with Crippen LogP contribution in [0.2, 0.25) is 0 Å². The Labute approximate surface area is 152 Å². The Bertz CT molecular complexity index is 866. The number of halogens is 1. The van der Waals surface area contributed by atoms with Crippen molar-refractivity contribution in [3.8, 4) is 17.6 Å². The summed E-state index contributed by atoms with van der Waals surface area (Å²) < 4.78 is 24.5. The Morgan fingerprint density at radius 2 is 1.96 bits per heavy atom. The van der Waals surface area contributed by atoms with Gasteiger partial charge in [-0.15, -0.1) is 0 Å². The molecule has 2 aromatic rings. The van der Waals surface area contributed by atoms with Gasteiger partial charge < -0.3 is 9.47 Å². The van der Waals surface area contributed by atoms with Crippen LogP contribution in [0.15, 0.2) is 42.5 Å². The molecule has 0 fully saturated rings. The molecule has 0 bridgehead atoms. The number of ether oxygens (including phenoxy) is 2. The summed E-state index contributed by atoms with van der Waals surface area (Å²) in [6, 6.07) is 13.0. The van der Waals surface area contributed by atoms with Crippen LogP contribution in [0.3, 0.4) is 0 Å². The Balaban J connectivity index is 2.32. The van der Waals surface area contributed by atoms with Gasteiger partial charge in [-0.3, -0.25) is 4.79 Å². The largest absolute Gasteiger partial charge is 0.493 e. The lowest BCUT2D eigenvalue weighted by Gasteiger charge is -2.11. The average molecular weight is 353 g/mol. The zero-order valence-corrected chi connectivity index (χ0v) is 15.0. The van der Waals surface area contributed by atoms with Crippen molar-refractivity contribution in [2.24, 2.45) is 5.92 Å². The van der Waals surface area contributed by atoms with Crippen molar-refractivity contribution in [2.45, 2.75) is 20.3 Å². The van der Waals surface area contributed by atoms with Gasteiger partial charge in [0.25, 0.3) is 0 Å². The molecular weight excluding hydrogens is 333 g/mol. The molecule has 0 heterocycles. The quantitative estimate of drug-likeness (QED) is 0.322. The van der Waals surface area contributed by atoms with Gasteiger partial charge in [0.2, 0.25) is 0 Å². The molecule has 0 spiro atoms. The Hall–Kier alpha value is -3.13. The number of carbonyl (C=O) groups excluding carboxylic acids is 1. The van der Waals surface area contributed by atoms with E-state index in [0.717, 1.165) is 0 Å². The van der Waals surface area contributed by atoms with Crippen LogP contribution in [0.4, 0.5) is 4.39 Å². The summed E-state index contributed by atoms with van der Waals surface area (Å²) >= 11 is 0. The summed E-state index contributed by atoms with van der Waals surface area (Å²) in [6.45, 7) is 3.86. The lowest BCUT2D eigenvalue weighted by molar-refractivity contribution is -0.135. The fraction of sp³-hybridized carbons (Fsp3) is 0.238. The highest BCUT2D eigenvalue weighted by Crippen LogP contribution is 2.30. The van der Waals surface area contributed by atoms with Crippen molar-refractivity contribution >= 4 is 17.6 Å². The van der Waals surface area contributed by atoms with Crippen molar-refractivity contribution in [2.75, 3.05) is 7.11 Å². The molecule has 4 nitrogen and oxygen atoms in total. The van der Waals surface area contributed by atoms with Gasteiger partial charge in [-0.1, -0.05) is 38.1 Å². The molecule has 0 radical (unpaired) electrons. The van der Waals surface area contributed by atoms with Gasteiger partial charge in [0.15, 0.2) is 11.5 Å². The molecule has 0 amide bonds. The third kappa shape index (κ3) is 4.93. The van der Waals surface area contributed by atoms with Crippen LogP contribution in [0, 0.1) is 23.1 Å². The first kappa shape index (κ1) is 19.2. The van der Waals surface area contributed by atoms with Crippen LogP contribution >= 0.6 is 0 Å². The fourth-order valence-corrected chi connectivity index (χ4v) is 2.37. The lowest BCUT2D eigenvalue weighted by atomic mass is 10.0. The summed E-state index contributed by atoms with van der Waals surface area (Å²) in [7, 11) is 1.46.